The molecule has 2 aromatic heterocycles. The second-order valence-corrected chi connectivity index (χ2v) is 12.5. The molecular weight excluding hydrogens is 549 g/mol. The fraction of sp³-hybridized carbons (Fsp3) is 0.0714. The lowest BCUT2D eigenvalue weighted by atomic mass is 10.3. The van der Waals surface area contributed by atoms with Gasteiger partial charge in [-0.3, -0.25) is 0 Å². The highest BCUT2D eigenvalue weighted by Gasteiger charge is 2.22. The van der Waals surface area contributed by atoms with Crippen LogP contribution in [-0.4, -0.2) is 0 Å². The molecule has 2 heterocycles. The predicted molar refractivity (Wildman–Crippen MR) is 160 cm³/mol. The van der Waals surface area contributed by atoms with Gasteiger partial charge in [0.1, 0.15) is 34.2 Å². The standard InChI is InChI=1S/C28H22N6S4/c1-3-11-21(12-4-1)29-31-27-33(23-15-7-9-17-25(23)37-27)19-35-36-20-34-24-16-8-10-18-26(24)38-28(34)32-30-22-13-5-2-6-14-22/h1-18H,19-20H2/q+2. The highest BCUT2D eigenvalue weighted by atomic mass is 33.1. The van der Waals surface area contributed by atoms with Gasteiger partial charge in [0.05, 0.1) is 19.6 Å². The molecule has 0 saturated carbocycles. The van der Waals surface area contributed by atoms with Crippen LogP contribution in [0.1, 0.15) is 0 Å². The largest absolute Gasteiger partial charge is 0.410 e. The zero-order valence-electron chi connectivity index (χ0n) is 20.1. The second kappa shape index (κ2) is 12.0. The Labute approximate surface area is 235 Å². The number of thiazole rings is 2. The highest BCUT2D eigenvalue weighted by Crippen LogP contribution is 2.33. The van der Waals surface area contributed by atoms with Crippen LogP contribution in [0.4, 0.5) is 21.6 Å². The number of aromatic nitrogens is 2. The Kier molecular flexibility index (Phi) is 7.82. The van der Waals surface area contributed by atoms with Gasteiger partial charge in [-0.2, -0.15) is 0 Å². The first kappa shape index (κ1) is 24.9. The quantitative estimate of drug-likeness (QED) is 0.0752. The summed E-state index contributed by atoms with van der Waals surface area (Å²) in [6.45, 7) is 0. The normalized spacial score (nSPS) is 11.9. The van der Waals surface area contributed by atoms with Crippen LogP contribution >= 0.6 is 44.3 Å². The summed E-state index contributed by atoms with van der Waals surface area (Å²) >= 11 is 3.31. The fourth-order valence-electron chi connectivity index (χ4n) is 3.81. The van der Waals surface area contributed by atoms with Crippen LogP contribution in [-0.2, 0) is 11.8 Å². The number of benzene rings is 4. The van der Waals surface area contributed by atoms with E-state index in [1.54, 1.807) is 44.3 Å². The molecule has 0 aliphatic carbocycles. The van der Waals surface area contributed by atoms with Gasteiger partial charge in [0.15, 0.2) is 0 Å². The molecule has 0 saturated heterocycles. The van der Waals surface area contributed by atoms with Gasteiger partial charge in [-0.1, -0.05) is 60.7 Å². The molecule has 10 heteroatoms. The number of hydrogen-bond donors (Lipinski definition) is 0. The maximum atomic E-state index is 4.60. The van der Waals surface area contributed by atoms with Crippen LogP contribution in [0.25, 0.3) is 20.4 Å². The van der Waals surface area contributed by atoms with E-state index in [0.717, 1.165) is 33.4 Å². The molecule has 6 aromatic rings. The van der Waals surface area contributed by atoms with Gasteiger partial charge in [-0.05, 0) is 103 Å². The smallest absolute Gasteiger partial charge is 0.201 e. The van der Waals surface area contributed by atoms with Crippen LogP contribution in [0.5, 0.6) is 0 Å². The van der Waals surface area contributed by atoms with Crippen molar-refractivity contribution in [2.45, 2.75) is 11.8 Å². The van der Waals surface area contributed by atoms with Gasteiger partial charge in [-0.25, -0.2) is 9.13 Å². The van der Waals surface area contributed by atoms with Crippen molar-refractivity contribution >= 4 is 86.3 Å². The van der Waals surface area contributed by atoms with Crippen molar-refractivity contribution in [3.05, 3.63) is 109 Å². The molecule has 4 aromatic carbocycles. The van der Waals surface area contributed by atoms with E-state index in [9.17, 15) is 0 Å². The molecule has 0 unspecified atom stereocenters. The van der Waals surface area contributed by atoms with E-state index in [4.69, 9.17) is 0 Å². The average Bonchev–Trinajstić information content (AvgIpc) is 3.51. The van der Waals surface area contributed by atoms with E-state index in [2.05, 4.69) is 78.1 Å². The van der Waals surface area contributed by atoms with E-state index in [0.29, 0.717) is 0 Å². The zero-order chi connectivity index (χ0) is 25.6. The second-order valence-electron chi connectivity index (χ2n) is 8.13. The Morgan fingerprint density at radius 3 is 1.32 bits per heavy atom. The SMILES string of the molecule is c1ccc(N=Nc2sc3ccccc3[n+]2CSSC[n+]2c(N=Nc3ccccc3)sc3ccccc32)cc1. The molecule has 0 amide bonds. The number of rotatable bonds is 9. The number of hydrogen-bond acceptors (Lipinski definition) is 8. The summed E-state index contributed by atoms with van der Waals surface area (Å²) in [5.74, 6) is 1.50. The maximum Gasteiger partial charge on any atom is 0.410 e. The molecule has 38 heavy (non-hydrogen) atoms. The molecule has 186 valence electrons. The number of para-hydroxylation sites is 2. The third-order valence-corrected chi connectivity index (χ3v) is 9.76. The van der Waals surface area contributed by atoms with Crippen molar-refractivity contribution in [1.82, 2.24) is 0 Å². The van der Waals surface area contributed by atoms with Gasteiger partial charge < -0.3 is 0 Å². The van der Waals surface area contributed by atoms with Crippen LogP contribution < -0.4 is 9.13 Å². The van der Waals surface area contributed by atoms with Crippen LogP contribution in [0.15, 0.2) is 130 Å². The van der Waals surface area contributed by atoms with Crippen molar-refractivity contribution in [2.75, 3.05) is 0 Å². The third-order valence-electron chi connectivity index (χ3n) is 5.64. The van der Waals surface area contributed by atoms with E-state index >= 15 is 0 Å². The molecular formula is C28H22N6S4+2. The highest BCUT2D eigenvalue weighted by molar-refractivity contribution is 8.75. The predicted octanol–water partition coefficient (Wildman–Crippen LogP) is 9.52. The molecule has 0 aliphatic rings. The van der Waals surface area contributed by atoms with Crippen molar-refractivity contribution < 1.29 is 9.13 Å². The molecule has 0 atom stereocenters. The molecule has 6 nitrogen and oxygen atoms in total. The van der Waals surface area contributed by atoms with E-state index in [1.807, 2.05) is 60.7 Å². The van der Waals surface area contributed by atoms with Crippen molar-refractivity contribution in [3.8, 4) is 0 Å². The van der Waals surface area contributed by atoms with Gasteiger partial charge in [-0.15, -0.1) is 0 Å². The summed E-state index contributed by atoms with van der Waals surface area (Å²) in [6.07, 6.45) is 0. The minimum absolute atomic E-state index is 0.751. The Morgan fingerprint density at radius 1 is 0.474 bits per heavy atom. The minimum Gasteiger partial charge on any atom is -0.201 e. The Morgan fingerprint density at radius 2 is 0.868 bits per heavy atom. The molecule has 0 radical (unpaired) electrons. The monoisotopic (exact) mass is 570 g/mol. The molecule has 6 rings (SSSR count). The van der Waals surface area contributed by atoms with E-state index < -0.39 is 0 Å². The third kappa shape index (κ3) is 5.68. The first-order valence-electron chi connectivity index (χ1n) is 11.9. The fourth-order valence-corrected chi connectivity index (χ4v) is 7.90. The first-order chi connectivity index (χ1) is 18.8. The summed E-state index contributed by atoms with van der Waals surface area (Å²) in [6, 6.07) is 36.5. The molecule has 0 fully saturated rings. The first-order valence-corrected chi connectivity index (χ1v) is 16.0. The summed E-state index contributed by atoms with van der Waals surface area (Å²) in [7, 11) is 3.58. The summed E-state index contributed by atoms with van der Waals surface area (Å²) in [5.41, 5.74) is 4.02. The van der Waals surface area contributed by atoms with Crippen LogP contribution in [0, 0.1) is 0 Å². The Bertz CT molecular complexity index is 1600. The zero-order valence-corrected chi connectivity index (χ0v) is 23.4. The molecule has 0 spiro atoms. The van der Waals surface area contributed by atoms with Gasteiger partial charge in [0.25, 0.3) is 0 Å². The van der Waals surface area contributed by atoms with Gasteiger partial charge in [0, 0.05) is 0 Å². The summed E-state index contributed by atoms with van der Waals surface area (Å²) in [5, 5.41) is 19.9. The van der Waals surface area contributed by atoms with Gasteiger partial charge >= 0.3 is 10.3 Å². The van der Waals surface area contributed by atoms with Gasteiger partial charge in [0.2, 0.25) is 0 Å². The lowest BCUT2D eigenvalue weighted by Gasteiger charge is -2.00. The lowest BCUT2D eigenvalue weighted by Crippen LogP contribution is -2.32. The summed E-state index contributed by atoms with van der Waals surface area (Å²) < 4.78 is 6.86. The Hall–Kier alpha value is -3.44. The summed E-state index contributed by atoms with van der Waals surface area (Å²) in [4.78, 5) is 0. The van der Waals surface area contributed by atoms with Crippen molar-refractivity contribution in [2.24, 2.45) is 20.5 Å². The molecule has 0 N–H and O–H groups in total. The number of nitrogens with zero attached hydrogens (tertiary/aromatic N) is 6. The van der Waals surface area contributed by atoms with Crippen LogP contribution in [0.3, 0.4) is 0 Å². The maximum absolute atomic E-state index is 4.60. The van der Waals surface area contributed by atoms with E-state index in [-0.39, 0.29) is 0 Å². The lowest BCUT2D eigenvalue weighted by molar-refractivity contribution is -0.633. The molecule has 0 aliphatic heterocycles. The number of azo groups is 2. The van der Waals surface area contributed by atoms with Crippen LogP contribution in [0.2, 0.25) is 0 Å². The van der Waals surface area contributed by atoms with Crippen molar-refractivity contribution in [1.29, 1.82) is 0 Å². The average molecular weight is 571 g/mol. The van der Waals surface area contributed by atoms with Crippen molar-refractivity contribution in [3.63, 3.8) is 0 Å². The Balaban J connectivity index is 1.21. The molecule has 0 bridgehead atoms. The van der Waals surface area contributed by atoms with E-state index in [1.165, 1.54) is 20.4 Å². The topological polar surface area (TPSA) is 57.2 Å². The number of fused-ring (bicyclic) bond motifs is 2. The minimum atomic E-state index is 0.751.